The quantitative estimate of drug-likeness (QED) is 0.187. The Bertz CT molecular complexity index is 498. The number of aliphatic hydroxyl groups is 3. The minimum atomic E-state index is -1.51. The van der Waals surface area contributed by atoms with Crippen LogP contribution >= 0.6 is 0 Å². The lowest BCUT2D eigenvalue weighted by atomic mass is 10.1. The zero-order chi connectivity index (χ0) is 19.7. The smallest absolute Gasteiger partial charge is 0.325 e. The Balaban J connectivity index is 4.98. The molecular weight excluding hydrogens is 340 g/mol. The minimum absolute atomic E-state index is 0.686. The Hall–Kier alpha value is -2.28. The molecule has 0 saturated carbocycles. The van der Waals surface area contributed by atoms with E-state index in [4.69, 9.17) is 15.9 Å². The number of hydrogen-bond donors (Lipinski definition) is 8. The number of nitrogens with two attached hydrogens (primary N) is 1. The molecule has 0 aliphatic carbocycles. The van der Waals surface area contributed by atoms with Gasteiger partial charge in [-0.2, -0.15) is 0 Å². The first-order chi connectivity index (χ1) is 11.5. The molecule has 0 aromatic carbocycles. The number of hydrogen-bond acceptors (Lipinski definition) is 8. The number of carboxylic acid groups (broad SMARTS) is 1. The van der Waals surface area contributed by atoms with Gasteiger partial charge >= 0.3 is 5.97 Å². The van der Waals surface area contributed by atoms with Crippen LogP contribution in [0.5, 0.6) is 0 Å². The Labute approximate surface area is 143 Å². The lowest BCUT2D eigenvalue weighted by Gasteiger charge is -2.25. The number of carboxylic acids is 1. The van der Waals surface area contributed by atoms with Crippen LogP contribution < -0.4 is 21.7 Å². The molecule has 144 valence electrons. The summed E-state index contributed by atoms with van der Waals surface area (Å²) in [5.41, 5.74) is 5.29. The molecule has 12 nitrogen and oxygen atoms in total. The zero-order valence-electron chi connectivity index (χ0n) is 13.8. The molecule has 0 saturated heterocycles. The molecule has 0 aromatic rings. The van der Waals surface area contributed by atoms with Gasteiger partial charge in [-0.15, -0.1) is 0 Å². The summed E-state index contributed by atoms with van der Waals surface area (Å²) < 4.78 is 0. The van der Waals surface area contributed by atoms with Gasteiger partial charge in [0, 0.05) is 0 Å². The van der Waals surface area contributed by atoms with Gasteiger partial charge in [0.25, 0.3) is 0 Å². The van der Waals surface area contributed by atoms with Crippen molar-refractivity contribution in [2.24, 2.45) is 5.73 Å². The second-order valence-electron chi connectivity index (χ2n) is 5.33. The molecule has 0 aromatic heterocycles. The monoisotopic (exact) mass is 364 g/mol. The summed E-state index contributed by atoms with van der Waals surface area (Å²) in [6.07, 6.45) is -1.38. The minimum Gasteiger partial charge on any atom is -0.480 e. The second kappa shape index (κ2) is 10.6. The maximum absolute atomic E-state index is 12.1. The standard InChI is InChI=1S/C13H24N4O8/c1-5(13(24)25)15-11(22)8(4-19)16-12(23)9(6(2)20)17-10(21)7(14)3-18/h5-9,18-20H,3-4,14H2,1-2H3,(H,15,22)(H,16,23)(H,17,21)(H,24,25)/t5-,6+,7-,8-,9-/m0/s1. The average Bonchev–Trinajstić information content (AvgIpc) is 2.55. The van der Waals surface area contributed by atoms with Gasteiger partial charge in [0.05, 0.1) is 19.3 Å². The van der Waals surface area contributed by atoms with Crippen LogP contribution in [0.15, 0.2) is 0 Å². The van der Waals surface area contributed by atoms with Crippen molar-refractivity contribution >= 4 is 23.7 Å². The highest BCUT2D eigenvalue weighted by atomic mass is 16.4. The van der Waals surface area contributed by atoms with E-state index in [1.165, 1.54) is 13.8 Å². The predicted octanol–water partition coefficient (Wildman–Crippen LogP) is -4.76. The number of carbonyl (C=O) groups excluding carboxylic acids is 3. The molecule has 0 radical (unpaired) electrons. The molecule has 0 fully saturated rings. The van der Waals surface area contributed by atoms with Crippen molar-refractivity contribution in [2.45, 2.75) is 44.1 Å². The van der Waals surface area contributed by atoms with E-state index < -0.39 is 67.2 Å². The van der Waals surface area contributed by atoms with Crippen LogP contribution in [0.1, 0.15) is 13.8 Å². The van der Waals surface area contributed by atoms with Crippen LogP contribution in [-0.4, -0.2) is 87.6 Å². The van der Waals surface area contributed by atoms with E-state index >= 15 is 0 Å². The molecule has 0 aliphatic heterocycles. The van der Waals surface area contributed by atoms with Gasteiger partial charge in [-0.05, 0) is 13.8 Å². The van der Waals surface area contributed by atoms with Crippen LogP contribution in [0.3, 0.4) is 0 Å². The van der Waals surface area contributed by atoms with Crippen LogP contribution in [0.2, 0.25) is 0 Å². The van der Waals surface area contributed by atoms with E-state index in [1.54, 1.807) is 0 Å². The van der Waals surface area contributed by atoms with Gasteiger partial charge in [0.15, 0.2) is 0 Å². The number of carbonyl (C=O) groups is 4. The molecule has 0 spiro atoms. The summed E-state index contributed by atoms with van der Waals surface area (Å²) in [6, 6.07) is -5.58. The van der Waals surface area contributed by atoms with Crippen LogP contribution in [0.25, 0.3) is 0 Å². The number of amides is 3. The molecule has 0 rings (SSSR count). The number of aliphatic carboxylic acids is 1. The van der Waals surface area contributed by atoms with Crippen molar-refractivity contribution in [3.8, 4) is 0 Å². The Morgan fingerprint density at radius 2 is 1.48 bits per heavy atom. The summed E-state index contributed by atoms with van der Waals surface area (Å²) in [6.45, 7) is 0.844. The van der Waals surface area contributed by atoms with E-state index in [1.807, 2.05) is 0 Å². The molecule has 0 unspecified atom stereocenters. The maximum Gasteiger partial charge on any atom is 0.325 e. The molecule has 0 aliphatic rings. The SMILES string of the molecule is C[C@H](NC(=O)[C@H](CO)NC(=O)[C@@H](NC(=O)[C@@H](N)CO)[C@@H](C)O)C(=O)O. The van der Waals surface area contributed by atoms with E-state index in [0.717, 1.165) is 0 Å². The fourth-order valence-electron chi connectivity index (χ4n) is 1.58. The van der Waals surface area contributed by atoms with Crippen molar-refractivity contribution < 1.29 is 39.6 Å². The fourth-order valence-corrected chi connectivity index (χ4v) is 1.58. The third kappa shape index (κ3) is 7.43. The average molecular weight is 364 g/mol. The van der Waals surface area contributed by atoms with Crippen LogP contribution in [0, 0.1) is 0 Å². The molecule has 5 atom stereocenters. The Morgan fingerprint density at radius 3 is 1.88 bits per heavy atom. The summed E-state index contributed by atoms with van der Waals surface area (Å²) in [4.78, 5) is 46.3. The van der Waals surface area contributed by atoms with Gasteiger partial charge < -0.3 is 42.1 Å². The predicted molar refractivity (Wildman–Crippen MR) is 82.9 cm³/mol. The number of nitrogens with one attached hydrogen (secondary N) is 3. The highest BCUT2D eigenvalue weighted by molar-refractivity contribution is 5.94. The Kier molecular flexibility index (Phi) is 9.59. The van der Waals surface area contributed by atoms with E-state index in [-0.39, 0.29) is 0 Å². The topological polar surface area (TPSA) is 211 Å². The Morgan fingerprint density at radius 1 is 0.920 bits per heavy atom. The van der Waals surface area contributed by atoms with Gasteiger partial charge in [0.2, 0.25) is 17.7 Å². The lowest BCUT2D eigenvalue weighted by Crippen LogP contribution is -2.60. The summed E-state index contributed by atoms with van der Waals surface area (Å²) in [7, 11) is 0. The van der Waals surface area contributed by atoms with E-state index in [9.17, 15) is 29.4 Å². The van der Waals surface area contributed by atoms with Crippen LogP contribution in [-0.2, 0) is 19.2 Å². The molecule has 12 heteroatoms. The first-order valence-corrected chi connectivity index (χ1v) is 7.34. The second-order valence-corrected chi connectivity index (χ2v) is 5.33. The van der Waals surface area contributed by atoms with Gasteiger partial charge in [-0.3, -0.25) is 19.2 Å². The first kappa shape index (κ1) is 22.7. The number of aliphatic hydroxyl groups excluding tert-OH is 3. The molecule has 0 heterocycles. The molecule has 3 amide bonds. The largest absolute Gasteiger partial charge is 0.480 e. The molecule has 9 N–H and O–H groups in total. The molecule has 25 heavy (non-hydrogen) atoms. The van der Waals surface area contributed by atoms with Crippen molar-refractivity contribution in [1.82, 2.24) is 16.0 Å². The summed E-state index contributed by atoms with van der Waals surface area (Å²) in [5.74, 6) is -4.20. The van der Waals surface area contributed by atoms with Crippen molar-refractivity contribution in [3.63, 3.8) is 0 Å². The molecular formula is C13H24N4O8. The first-order valence-electron chi connectivity index (χ1n) is 7.34. The number of rotatable bonds is 10. The van der Waals surface area contributed by atoms with Gasteiger partial charge in [0.1, 0.15) is 24.2 Å². The van der Waals surface area contributed by atoms with Crippen molar-refractivity contribution in [2.75, 3.05) is 13.2 Å². The van der Waals surface area contributed by atoms with Crippen LogP contribution in [0.4, 0.5) is 0 Å². The highest BCUT2D eigenvalue weighted by Crippen LogP contribution is 1.97. The third-order valence-electron chi connectivity index (χ3n) is 3.14. The van der Waals surface area contributed by atoms with E-state index in [0.29, 0.717) is 0 Å². The van der Waals surface area contributed by atoms with E-state index in [2.05, 4.69) is 16.0 Å². The van der Waals surface area contributed by atoms with Gasteiger partial charge in [-0.1, -0.05) is 0 Å². The zero-order valence-corrected chi connectivity index (χ0v) is 13.8. The van der Waals surface area contributed by atoms with Crippen molar-refractivity contribution in [1.29, 1.82) is 0 Å². The summed E-state index contributed by atoms with van der Waals surface area (Å²) in [5, 5.41) is 42.6. The highest BCUT2D eigenvalue weighted by Gasteiger charge is 2.31. The van der Waals surface area contributed by atoms with Gasteiger partial charge in [-0.25, -0.2) is 0 Å². The molecule has 0 bridgehead atoms. The third-order valence-corrected chi connectivity index (χ3v) is 3.14. The maximum atomic E-state index is 12.1. The summed E-state index contributed by atoms with van der Waals surface area (Å²) >= 11 is 0. The lowest BCUT2D eigenvalue weighted by molar-refractivity contribution is -0.142. The van der Waals surface area contributed by atoms with Crippen molar-refractivity contribution in [3.05, 3.63) is 0 Å². The fraction of sp³-hybridized carbons (Fsp3) is 0.692. The normalized spacial score (nSPS) is 16.7.